The van der Waals surface area contributed by atoms with Gasteiger partial charge >= 0.3 is 0 Å². The topological polar surface area (TPSA) is 92.9 Å². The van der Waals surface area contributed by atoms with E-state index in [9.17, 15) is 4.79 Å². The Balaban J connectivity index is 2.66. The maximum atomic E-state index is 10.9. The summed E-state index contributed by atoms with van der Waals surface area (Å²) in [5.74, 6) is 0.170. The summed E-state index contributed by atoms with van der Waals surface area (Å²) in [6, 6.07) is 1.60. The van der Waals surface area contributed by atoms with Gasteiger partial charge in [0.2, 0.25) is 11.9 Å². The molecule has 1 aromatic heterocycles. The number of rotatable bonds is 4. The lowest BCUT2D eigenvalue weighted by Crippen LogP contribution is -2.27. The summed E-state index contributed by atoms with van der Waals surface area (Å²) in [4.78, 5) is 19.0. The number of nitrogens with one attached hydrogen (secondary N) is 2. The summed E-state index contributed by atoms with van der Waals surface area (Å²) in [6.07, 6.45) is 1.52. The molecule has 0 aromatic carbocycles. The van der Waals surface area contributed by atoms with E-state index in [4.69, 9.17) is 18.0 Å². The normalized spacial score (nSPS) is 9.40. The maximum Gasteiger partial charge on any atom is 0.239 e. The van der Waals surface area contributed by atoms with E-state index in [0.29, 0.717) is 11.6 Å². The van der Waals surface area contributed by atoms with Crippen molar-refractivity contribution < 1.29 is 4.79 Å². The highest BCUT2D eigenvalue weighted by Gasteiger charge is 2.02. The second-order valence-corrected chi connectivity index (χ2v) is 3.10. The quantitative estimate of drug-likeness (QED) is 0.585. The third kappa shape index (κ3) is 3.47. The number of anilines is 1. The highest BCUT2D eigenvalue weighted by molar-refractivity contribution is 7.80. The van der Waals surface area contributed by atoms with Crippen LogP contribution in [-0.4, -0.2) is 34.5 Å². The molecule has 0 aliphatic rings. The minimum absolute atomic E-state index is 0.108. The van der Waals surface area contributed by atoms with Crippen LogP contribution in [-0.2, 0) is 4.79 Å². The molecule has 0 spiro atoms. The first-order chi connectivity index (χ1) is 7.13. The molecule has 0 bridgehead atoms. The number of nitrogens with zero attached hydrogens (tertiary/aromatic N) is 2. The Morgan fingerprint density at radius 2 is 2.40 bits per heavy atom. The van der Waals surface area contributed by atoms with Gasteiger partial charge in [-0.1, -0.05) is 12.2 Å². The van der Waals surface area contributed by atoms with Gasteiger partial charge in [-0.15, -0.1) is 0 Å². The fourth-order valence-electron chi connectivity index (χ4n) is 0.829. The molecule has 0 saturated carbocycles. The first-order valence-electron chi connectivity index (χ1n) is 4.21. The lowest BCUT2D eigenvalue weighted by atomic mass is 10.4. The van der Waals surface area contributed by atoms with Crippen LogP contribution >= 0.6 is 12.2 Å². The lowest BCUT2D eigenvalue weighted by molar-refractivity contribution is -0.118. The van der Waals surface area contributed by atoms with Gasteiger partial charge in [-0.3, -0.25) is 4.79 Å². The molecule has 7 heteroatoms. The molecular formula is C8H11N5OS. The van der Waals surface area contributed by atoms with Gasteiger partial charge in [-0.05, 0) is 6.07 Å². The predicted molar refractivity (Wildman–Crippen MR) is 60.5 cm³/mol. The molecule has 0 aliphatic carbocycles. The largest absolute Gasteiger partial charge is 0.388 e. The average molecular weight is 225 g/mol. The second-order valence-electron chi connectivity index (χ2n) is 2.66. The van der Waals surface area contributed by atoms with Gasteiger partial charge in [0.25, 0.3) is 0 Å². The Hall–Kier alpha value is -1.76. The van der Waals surface area contributed by atoms with Crippen LogP contribution < -0.4 is 16.4 Å². The summed E-state index contributed by atoms with van der Waals surface area (Å²) in [5.41, 5.74) is 5.87. The van der Waals surface area contributed by atoms with Crippen LogP contribution in [0.15, 0.2) is 12.3 Å². The molecule has 1 aromatic rings. The van der Waals surface area contributed by atoms with Crippen LogP contribution in [0, 0.1) is 0 Å². The Labute approximate surface area is 92.3 Å². The molecule has 4 N–H and O–H groups in total. The summed E-state index contributed by atoms with van der Waals surface area (Å²) in [6.45, 7) is 0.108. The van der Waals surface area contributed by atoms with Crippen molar-refractivity contribution in [1.29, 1.82) is 0 Å². The summed E-state index contributed by atoms with van der Waals surface area (Å²) in [5, 5.41) is 5.21. The first kappa shape index (κ1) is 11.3. The maximum absolute atomic E-state index is 10.9. The molecule has 1 heterocycles. The molecule has 0 atom stereocenters. The molecule has 6 nitrogen and oxygen atoms in total. The zero-order valence-corrected chi connectivity index (χ0v) is 8.97. The molecule has 1 rings (SSSR count). The number of thiocarbonyl (C=S) groups is 1. The molecule has 0 radical (unpaired) electrons. The summed E-state index contributed by atoms with van der Waals surface area (Å²) in [7, 11) is 1.55. The fourth-order valence-corrected chi connectivity index (χ4v) is 0.943. The Kier molecular flexibility index (Phi) is 3.92. The fraction of sp³-hybridized carbons (Fsp3) is 0.250. The Morgan fingerprint density at radius 3 is 3.00 bits per heavy atom. The van der Waals surface area contributed by atoms with E-state index < -0.39 is 0 Å². The molecule has 0 saturated heterocycles. The van der Waals surface area contributed by atoms with E-state index in [1.165, 1.54) is 6.20 Å². The van der Waals surface area contributed by atoms with Crippen molar-refractivity contribution in [3.63, 3.8) is 0 Å². The number of carbonyl (C=O) groups excluding carboxylic acids is 1. The van der Waals surface area contributed by atoms with E-state index >= 15 is 0 Å². The van der Waals surface area contributed by atoms with E-state index in [-0.39, 0.29) is 17.4 Å². The number of hydrogen-bond acceptors (Lipinski definition) is 5. The molecule has 0 unspecified atom stereocenters. The zero-order chi connectivity index (χ0) is 11.3. The highest BCUT2D eigenvalue weighted by atomic mass is 32.1. The molecule has 15 heavy (non-hydrogen) atoms. The number of carbonyl (C=O) groups is 1. The van der Waals surface area contributed by atoms with E-state index in [2.05, 4.69) is 20.6 Å². The average Bonchev–Trinajstić information content (AvgIpc) is 2.26. The van der Waals surface area contributed by atoms with Gasteiger partial charge in [-0.2, -0.15) is 0 Å². The third-order valence-electron chi connectivity index (χ3n) is 1.59. The lowest BCUT2D eigenvalue weighted by Gasteiger charge is -2.04. The van der Waals surface area contributed by atoms with Gasteiger partial charge in [0.1, 0.15) is 10.7 Å². The number of aromatic nitrogens is 2. The van der Waals surface area contributed by atoms with Crippen LogP contribution in [0.4, 0.5) is 5.95 Å². The second kappa shape index (κ2) is 5.20. The van der Waals surface area contributed by atoms with Crippen molar-refractivity contribution in [2.45, 2.75) is 0 Å². The summed E-state index contributed by atoms with van der Waals surface area (Å²) >= 11 is 4.76. The van der Waals surface area contributed by atoms with E-state index in [1.54, 1.807) is 13.1 Å². The van der Waals surface area contributed by atoms with Crippen LogP contribution in [0.3, 0.4) is 0 Å². The molecule has 1 amide bonds. The van der Waals surface area contributed by atoms with Crippen LogP contribution in [0.2, 0.25) is 0 Å². The third-order valence-corrected chi connectivity index (χ3v) is 1.80. The highest BCUT2D eigenvalue weighted by Crippen LogP contribution is 1.99. The van der Waals surface area contributed by atoms with Crippen LogP contribution in [0.1, 0.15) is 5.69 Å². The van der Waals surface area contributed by atoms with E-state index in [1.807, 2.05) is 0 Å². The molecule has 0 aliphatic heterocycles. The smallest absolute Gasteiger partial charge is 0.239 e. The van der Waals surface area contributed by atoms with Gasteiger partial charge < -0.3 is 16.4 Å². The number of likely N-dealkylation sites (N-methyl/N-ethyl adjacent to an activating group) is 1. The van der Waals surface area contributed by atoms with Crippen molar-refractivity contribution in [3.8, 4) is 0 Å². The molecule has 0 fully saturated rings. The molecular weight excluding hydrogens is 214 g/mol. The number of amides is 1. The molecule has 80 valence electrons. The van der Waals surface area contributed by atoms with Gasteiger partial charge in [0, 0.05) is 13.2 Å². The van der Waals surface area contributed by atoms with Crippen molar-refractivity contribution in [2.24, 2.45) is 5.73 Å². The standard InChI is InChI=1S/C8H11N5OS/c1-10-6(14)4-12-8-11-3-2-5(13-8)7(9)15/h2-3H,4H2,1H3,(H2,9,15)(H,10,14)(H,11,12,13). The van der Waals surface area contributed by atoms with Gasteiger partial charge in [-0.25, -0.2) is 9.97 Å². The van der Waals surface area contributed by atoms with Crippen LogP contribution in [0.5, 0.6) is 0 Å². The first-order valence-corrected chi connectivity index (χ1v) is 4.61. The predicted octanol–water partition coefficient (Wildman–Crippen LogP) is -0.731. The van der Waals surface area contributed by atoms with Crippen molar-refractivity contribution in [3.05, 3.63) is 18.0 Å². The van der Waals surface area contributed by atoms with E-state index in [0.717, 1.165) is 0 Å². The van der Waals surface area contributed by atoms with Crippen LogP contribution in [0.25, 0.3) is 0 Å². The Morgan fingerprint density at radius 1 is 1.67 bits per heavy atom. The van der Waals surface area contributed by atoms with Crippen molar-refractivity contribution >= 4 is 29.1 Å². The number of hydrogen-bond donors (Lipinski definition) is 3. The summed E-state index contributed by atoms with van der Waals surface area (Å²) < 4.78 is 0. The van der Waals surface area contributed by atoms with Crippen molar-refractivity contribution in [1.82, 2.24) is 15.3 Å². The Bertz CT molecular complexity index is 381. The van der Waals surface area contributed by atoms with Gasteiger partial charge in [0.15, 0.2) is 0 Å². The van der Waals surface area contributed by atoms with Gasteiger partial charge in [0.05, 0.1) is 6.54 Å². The SMILES string of the molecule is CNC(=O)CNc1nccc(C(N)=S)n1. The van der Waals surface area contributed by atoms with Crippen molar-refractivity contribution in [2.75, 3.05) is 18.9 Å². The number of nitrogens with two attached hydrogens (primary N) is 1. The zero-order valence-electron chi connectivity index (χ0n) is 8.15. The minimum Gasteiger partial charge on any atom is -0.388 e. The minimum atomic E-state index is -0.153. The monoisotopic (exact) mass is 225 g/mol.